The predicted molar refractivity (Wildman–Crippen MR) is 73.5 cm³/mol. The summed E-state index contributed by atoms with van der Waals surface area (Å²) in [5, 5.41) is 2.55. The summed E-state index contributed by atoms with van der Waals surface area (Å²) in [5.74, 6) is -0.666. The number of nitrogen functional groups attached to an aromatic ring is 1. The molecule has 3 N–H and O–H groups in total. The molecule has 1 saturated heterocycles. The van der Waals surface area contributed by atoms with Gasteiger partial charge in [0.25, 0.3) is 0 Å². The van der Waals surface area contributed by atoms with Crippen molar-refractivity contribution in [2.75, 3.05) is 25.9 Å². The van der Waals surface area contributed by atoms with Gasteiger partial charge in [0.2, 0.25) is 10.0 Å². The molecule has 0 radical (unpaired) electrons. The zero-order chi connectivity index (χ0) is 15.6. The van der Waals surface area contributed by atoms with Crippen molar-refractivity contribution in [1.29, 1.82) is 0 Å². The van der Waals surface area contributed by atoms with E-state index in [4.69, 9.17) is 5.73 Å². The lowest BCUT2D eigenvalue weighted by Crippen LogP contribution is -2.38. The maximum Gasteiger partial charge on any atom is 0.407 e. The lowest BCUT2D eigenvalue weighted by atomic mass is 10.3. The summed E-state index contributed by atoms with van der Waals surface area (Å²) in [7, 11) is -2.52. The molecule has 1 aromatic carbocycles. The molecule has 1 fully saturated rings. The number of amides is 1. The van der Waals surface area contributed by atoms with E-state index in [1.807, 2.05) is 0 Å². The predicted octanol–water partition coefficient (Wildman–Crippen LogP) is 0.527. The topological polar surface area (TPSA) is 102 Å². The molecule has 9 heteroatoms. The summed E-state index contributed by atoms with van der Waals surface area (Å²) in [6.07, 6.45) is -0.129. The molecule has 1 atom stereocenters. The molecular weight excluding hydrogens is 301 g/mol. The number of anilines is 1. The lowest BCUT2D eigenvalue weighted by molar-refractivity contribution is 0.167. The lowest BCUT2D eigenvalue weighted by Gasteiger charge is -2.17. The van der Waals surface area contributed by atoms with Gasteiger partial charge in [0.15, 0.2) is 0 Å². The summed E-state index contributed by atoms with van der Waals surface area (Å²) < 4.78 is 43.6. The molecule has 1 aromatic rings. The van der Waals surface area contributed by atoms with E-state index in [0.29, 0.717) is 6.42 Å². The van der Waals surface area contributed by atoms with E-state index in [0.717, 1.165) is 12.1 Å². The summed E-state index contributed by atoms with van der Waals surface area (Å²) in [4.78, 5) is 11.0. The standard InChI is InChI=1S/C12H16FN3O4S/c1-20-12(17)15-8-4-5-16(7-8)21(18,19)9-2-3-10(13)11(14)6-9/h2-3,6,8H,4-5,7,14H2,1H3,(H,15,17). The Bertz CT molecular complexity index is 650. The summed E-state index contributed by atoms with van der Waals surface area (Å²) in [6, 6.07) is 2.96. The second-order valence-corrected chi connectivity index (χ2v) is 6.61. The van der Waals surface area contributed by atoms with Crippen LogP contribution in [0, 0.1) is 5.82 Å². The SMILES string of the molecule is COC(=O)NC1CCN(S(=O)(=O)c2ccc(F)c(N)c2)C1. The van der Waals surface area contributed by atoms with Crippen LogP contribution >= 0.6 is 0 Å². The highest BCUT2D eigenvalue weighted by Gasteiger charge is 2.33. The van der Waals surface area contributed by atoms with Gasteiger partial charge >= 0.3 is 6.09 Å². The van der Waals surface area contributed by atoms with Crippen molar-refractivity contribution in [3.63, 3.8) is 0 Å². The average Bonchev–Trinajstić information content (AvgIpc) is 2.90. The molecule has 0 aromatic heterocycles. The Morgan fingerprint density at radius 3 is 2.86 bits per heavy atom. The van der Waals surface area contributed by atoms with Crippen LogP contribution in [0.3, 0.4) is 0 Å². The first-order valence-electron chi connectivity index (χ1n) is 6.24. The van der Waals surface area contributed by atoms with Crippen LogP contribution < -0.4 is 11.1 Å². The molecule has 0 bridgehead atoms. The maximum absolute atomic E-state index is 13.1. The quantitative estimate of drug-likeness (QED) is 0.792. The van der Waals surface area contributed by atoms with Crippen molar-refractivity contribution < 1.29 is 22.3 Å². The first-order valence-corrected chi connectivity index (χ1v) is 7.68. The minimum atomic E-state index is -3.76. The normalized spacial score (nSPS) is 19.4. The van der Waals surface area contributed by atoms with Crippen LogP contribution in [0.4, 0.5) is 14.9 Å². The highest BCUT2D eigenvalue weighted by atomic mass is 32.2. The number of alkyl carbamates (subject to hydrolysis) is 1. The molecule has 0 spiro atoms. The fourth-order valence-corrected chi connectivity index (χ4v) is 3.66. The Balaban J connectivity index is 2.14. The van der Waals surface area contributed by atoms with Gasteiger partial charge in [-0.3, -0.25) is 0 Å². The fraction of sp³-hybridized carbons (Fsp3) is 0.417. The van der Waals surface area contributed by atoms with E-state index in [1.54, 1.807) is 0 Å². The first kappa shape index (κ1) is 15.5. The van der Waals surface area contributed by atoms with E-state index in [2.05, 4.69) is 10.1 Å². The molecule has 7 nitrogen and oxygen atoms in total. The van der Waals surface area contributed by atoms with Crippen molar-refractivity contribution in [2.45, 2.75) is 17.4 Å². The van der Waals surface area contributed by atoms with Crippen molar-refractivity contribution in [2.24, 2.45) is 0 Å². The van der Waals surface area contributed by atoms with Crippen molar-refractivity contribution in [3.8, 4) is 0 Å². The summed E-state index contributed by atoms with van der Waals surface area (Å²) in [5.41, 5.74) is 5.17. The number of benzene rings is 1. The number of hydrogen-bond donors (Lipinski definition) is 2. The first-order chi connectivity index (χ1) is 9.84. The third kappa shape index (κ3) is 3.24. The monoisotopic (exact) mass is 317 g/mol. The van der Waals surface area contributed by atoms with Gasteiger partial charge in [0, 0.05) is 19.1 Å². The number of methoxy groups -OCH3 is 1. The van der Waals surface area contributed by atoms with E-state index in [-0.39, 0.29) is 29.7 Å². The Morgan fingerprint density at radius 1 is 1.52 bits per heavy atom. The van der Waals surface area contributed by atoms with Crippen LogP contribution in [0.15, 0.2) is 23.1 Å². The average molecular weight is 317 g/mol. The minimum absolute atomic E-state index is 0.0693. The van der Waals surface area contributed by atoms with Crippen LogP contribution in [0.5, 0.6) is 0 Å². The van der Waals surface area contributed by atoms with Gasteiger partial charge in [0.05, 0.1) is 17.7 Å². The van der Waals surface area contributed by atoms with E-state index >= 15 is 0 Å². The molecule has 116 valence electrons. The molecule has 1 aliphatic rings. The van der Waals surface area contributed by atoms with Gasteiger partial charge in [-0.15, -0.1) is 0 Å². The molecule has 0 saturated carbocycles. The zero-order valence-electron chi connectivity index (χ0n) is 11.4. The van der Waals surface area contributed by atoms with Crippen LogP contribution in [-0.4, -0.2) is 45.1 Å². The molecule has 0 aliphatic carbocycles. The molecule has 1 unspecified atom stereocenters. The molecule has 1 amide bonds. The van der Waals surface area contributed by atoms with Gasteiger partial charge < -0.3 is 15.8 Å². The van der Waals surface area contributed by atoms with Gasteiger partial charge in [-0.05, 0) is 24.6 Å². The minimum Gasteiger partial charge on any atom is -0.453 e. The van der Waals surface area contributed by atoms with Crippen molar-refractivity contribution in [1.82, 2.24) is 9.62 Å². The molecule has 2 rings (SSSR count). The summed E-state index contributed by atoms with van der Waals surface area (Å²) in [6.45, 7) is 0.392. The smallest absolute Gasteiger partial charge is 0.407 e. The highest BCUT2D eigenvalue weighted by molar-refractivity contribution is 7.89. The fourth-order valence-electron chi connectivity index (χ4n) is 2.12. The Labute approximate surface area is 121 Å². The second kappa shape index (κ2) is 5.86. The zero-order valence-corrected chi connectivity index (χ0v) is 12.2. The van der Waals surface area contributed by atoms with Gasteiger partial charge in [-0.2, -0.15) is 4.31 Å². The highest BCUT2D eigenvalue weighted by Crippen LogP contribution is 2.23. The second-order valence-electron chi connectivity index (χ2n) is 4.67. The summed E-state index contributed by atoms with van der Waals surface area (Å²) >= 11 is 0. The third-order valence-electron chi connectivity index (χ3n) is 3.26. The van der Waals surface area contributed by atoms with Crippen LogP contribution in [0.25, 0.3) is 0 Å². The number of carbonyl (C=O) groups is 1. The number of halogens is 1. The molecular formula is C12H16FN3O4S. The number of sulfonamides is 1. The number of hydrogen-bond acceptors (Lipinski definition) is 5. The Hall–Kier alpha value is -1.87. The van der Waals surface area contributed by atoms with E-state index in [1.165, 1.54) is 17.5 Å². The number of nitrogens with one attached hydrogen (secondary N) is 1. The number of nitrogens with two attached hydrogens (primary N) is 1. The number of rotatable bonds is 3. The van der Waals surface area contributed by atoms with Crippen molar-refractivity contribution >= 4 is 21.8 Å². The molecule has 1 heterocycles. The van der Waals surface area contributed by atoms with Crippen LogP contribution in [0.2, 0.25) is 0 Å². The maximum atomic E-state index is 13.1. The molecule has 21 heavy (non-hydrogen) atoms. The Morgan fingerprint density at radius 2 is 2.24 bits per heavy atom. The van der Waals surface area contributed by atoms with Crippen LogP contribution in [0.1, 0.15) is 6.42 Å². The number of carbonyl (C=O) groups excluding carboxylic acids is 1. The van der Waals surface area contributed by atoms with Crippen molar-refractivity contribution in [3.05, 3.63) is 24.0 Å². The third-order valence-corrected chi connectivity index (χ3v) is 5.12. The van der Waals surface area contributed by atoms with Gasteiger partial charge in [-0.1, -0.05) is 0 Å². The number of ether oxygens (including phenoxy) is 1. The van der Waals surface area contributed by atoms with Crippen LogP contribution in [-0.2, 0) is 14.8 Å². The largest absolute Gasteiger partial charge is 0.453 e. The van der Waals surface area contributed by atoms with Gasteiger partial charge in [-0.25, -0.2) is 17.6 Å². The van der Waals surface area contributed by atoms with Gasteiger partial charge in [0.1, 0.15) is 5.82 Å². The molecule has 1 aliphatic heterocycles. The number of nitrogens with zero attached hydrogens (tertiary/aromatic N) is 1. The Kier molecular flexibility index (Phi) is 4.33. The van der Waals surface area contributed by atoms with E-state index in [9.17, 15) is 17.6 Å². The van der Waals surface area contributed by atoms with E-state index < -0.39 is 21.9 Å².